The van der Waals surface area contributed by atoms with Gasteiger partial charge in [0.1, 0.15) is 0 Å². The van der Waals surface area contributed by atoms with Crippen molar-refractivity contribution in [3.8, 4) is 11.5 Å². The summed E-state index contributed by atoms with van der Waals surface area (Å²) in [5, 5.41) is 2.62. The number of methoxy groups -OCH3 is 3. The van der Waals surface area contributed by atoms with Crippen LogP contribution in [-0.2, 0) is 9.53 Å². The summed E-state index contributed by atoms with van der Waals surface area (Å²) < 4.78 is 15.0. The Morgan fingerprint density at radius 2 is 1.90 bits per heavy atom. The van der Waals surface area contributed by atoms with Crippen molar-refractivity contribution in [3.63, 3.8) is 0 Å². The van der Waals surface area contributed by atoms with Crippen molar-refractivity contribution in [1.29, 1.82) is 0 Å². The van der Waals surface area contributed by atoms with Gasteiger partial charge in [-0.25, -0.2) is 4.79 Å². The van der Waals surface area contributed by atoms with Gasteiger partial charge in [0.15, 0.2) is 11.5 Å². The Balaban J connectivity index is 3.23. The molecule has 0 saturated carbocycles. The molecule has 0 saturated heterocycles. The van der Waals surface area contributed by atoms with Gasteiger partial charge in [0, 0.05) is 13.0 Å². The van der Waals surface area contributed by atoms with Crippen LogP contribution in [-0.4, -0.2) is 39.8 Å². The van der Waals surface area contributed by atoms with Crippen molar-refractivity contribution in [1.82, 2.24) is 0 Å². The third-order valence-corrected chi connectivity index (χ3v) is 2.55. The Kier molecular flexibility index (Phi) is 5.79. The number of benzene rings is 1. The van der Waals surface area contributed by atoms with E-state index in [4.69, 9.17) is 15.2 Å². The van der Waals surface area contributed by atoms with Crippen molar-refractivity contribution in [2.75, 3.05) is 33.2 Å². The first-order valence-electron chi connectivity index (χ1n) is 5.91. The summed E-state index contributed by atoms with van der Waals surface area (Å²) in [6.45, 7) is 0.224. The zero-order chi connectivity index (χ0) is 15.1. The molecule has 1 amide bonds. The molecule has 0 heterocycles. The van der Waals surface area contributed by atoms with Gasteiger partial charge in [-0.05, 0) is 12.1 Å². The second kappa shape index (κ2) is 7.34. The molecule has 0 spiro atoms. The molecule has 0 fully saturated rings. The van der Waals surface area contributed by atoms with Crippen LogP contribution in [0.2, 0.25) is 0 Å². The fourth-order valence-electron chi connectivity index (χ4n) is 1.64. The van der Waals surface area contributed by atoms with Gasteiger partial charge >= 0.3 is 5.97 Å². The summed E-state index contributed by atoms with van der Waals surface area (Å²) in [6, 6.07) is 2.94. The van der Waals surface area contributed by atoms with Crippen LogP contribution in [0.3, 0.4) is 0 Å². The first kappa shape index (κ1) is 15.8. The maximum absolute atomic E-state index is 11.6. The number of nitrogens with two attached hydrogens (primary N) is 1. The fourth-order valence-corrected chi connectivity index (χ4v) is 1.64. The summed E-state index contributed by atoms with van der Waals surface area (Å²) in [5.41, 5.74) is 5.89. The van der Waals surface area contributed by atoms with Gasteiger partial charge in [-0.15, -0.1) is 0 Å². The van der Waals surface area contributed by atoms with E-state index in [0.717, 1.165) is 0 Å². The molecule has 0 atom stereocenters. The van der Waals surface area contributed by atoms with Crippen LogP contribution >= 0.6 is 0 Å². The molecule has 0 radical (unpaired) electrons. The smallest absolute Gasteiger partial charge is 0.338 e. The number of rotatable bonds is 6. The van der Waals surface area contributed by atoms with Crippen LogP contribution in [0.1, 0.15) is 16.8 Å². The minimum atomic E-state index is -0.541. The molecule has 0 unspecified atom stereocenters. The van der Waals surface area contributed by atoms with Gasteiger partial charge in [-0.2, -0.15) is 0 Å². The Hall–Kier alpha value is -2.28. The maximum Gasteiger partial charge on any atom is 0.338 e. The predicted octanol–water partition coefficient (Wildman–Crippen LogP) is 0.778. The average molecular weight is 282 g/mol. The molecule has 110 valence electrons. The first-order chi connectivity index (χ1) is 9.57. The molecule has 20 heavy (non-hydrogen) atoms. The van der Waals surface area contributed by atoms with E-state index in [-0.39, 0.29) is 24.4 Å². The molecule has 1 aromatic carbocycles. The lowest BCUT2D eigenvalue weighted by molar-refractivity contribution is -0.116. The lowest BCUT2D eigenvalue weighted by atomic mass is 10.1. The van der Waals surface area contributed by atoms with Crippen molar-refractivity contribution in [3.05, 3.63) is 17.7 Å². The van der Waals surface area contributed by atoms with Crippen LogP contribution in [0.4, 0.5) is 5.69 Å². The third-order valence-electron chi connectivity index (χ3n) is 2.55. The van der Waals surface area contributed by atoms with Gasteiger partial charge in [0.25, 0.3) is 0 Å². The van der Waals surface area contributed by atoms with E-state index in [9.17, 15) is 9.59 Å². The third kappa shape index (κ3) is 3.61. The number of nitrogens with one attached hydrogen (secondary N) is 1. The van der Waals surface area contributed by atoms with E-state index in [1.807, 2.05) is 0 Å². The zero-order valence-electron chi connectivity index (χ0n) is 11.7. The molecule has 0 aliphatic heterocycles. The highest BCUT2D eigenvalue weighted by Crippen LogP contribution is 2.36. The average Bonchev–Trinajstić information content (AvgIpc) is 2.45. The quantitative estimate of drug-likeness (QED) is 0.748. The Morgan fingerprint density at radius 1 is 1.20 bits per heavy atom. The molecule has 0 aliphatic rings. The van der Waals surface area contributed by atoms with Crippen molar-refractivity contribution in [2.24, 2.45) is 5.73 Å². The number of hydrogen-bond donors (Lipinski definition) is 2. The highest BCUT2D eigenvalue weighted by Gasteiger charge is 2.18. The van der Waals surface area contributed by atoms with Crippen LogP contribution in [0.5, 0.6) is 11.5 Å². The Labute approximate surface area is 117 Å². The van der Waals surface area contributed by atoms with Gasteiger partial charge in [-0.3, -0.25) is 4.79 Å². The summed E-state index contributed by atoms with van der Waals surface area (Å²) in [5.74, 6) is -0.181. The number of carbonyl (C=O) groups excluding carboxylic acids is 2. The van der Waals surface area contributed by atoms with Crippen molar-refractivity contribution < 1.29 is 23.8 Å². The maximum atomic E-state index is 11.6. The summed E-state index contributed by atoms with van der Waals surface area (Å²) in [6.07, 6.45) is 0.161. The molecule has 7 heteroatoms. The van der Waals surface area contributed by atoms with Gasteiger partial charge in [0.2, 0.25) is 5.91 Å². The van der Waals surface area contributed by atoms with Crippen LogP contribution in [0, 0.1) is 0 Å². The van der Waals surface area contributed by atoms with Gasteiger partial charge in [0.05, 0.1) is 32.6 Å². The van der Waals surface area contributed by atoms with E-state index >= 15 is 0 Å². The number of carbonyl (C=O) groups is 2. The van der Waals surface area contributed by atoms with Crippen molar-refractivity contribution in [2.45, 2.75) is 6.42 Å². The molecule has 0 aromatic heterocycles. The minimum Gasteiger partial charge on any atom is -0.493 e. The molecule has 0 aliphatic carbocycles. The Bertz CT molecular complexity index is 502. The molecule has 3 N–H and O–H groups in total. The van der Waals surface area contributed by atoms with Crippen LogP contribution in [0.15, 0.2) is 12.1 Å². The monoisotopic (exact) mass is 282 g/mol. The van der Waals surface area contributed by atoms with E-state index < -0.39 is 5.97 Å². The number of anilines is 1. The molecule has 0 bridgehead atoms. The number of ether oxygens (including phenoxy) is 3. The molecular formula is C13H18N2O5. The Morgan fingerprint density at radius 3 is 2.40 bits per heavy atom. The number of esters is 1. The zero-order valence-corrected chi connectivity index (χ0v) is 11.7. The topological polar surface area (TPSA) is 99.9 Å². The molecule has 1 aromatic rings. The van der Waals surface area contributed by atoms with E-state index in [1.165, 1.54) is 33.5 Å². The fraction of sp³-hybridized carbons (Fsp3) is 0.385. The van der Waals surface area contributed by atoms with Gasteiger partial charge in [-0.1, -0.05) is 0 Å². The lowest BCUT2D eigenvalue weighted by Gasteiger charge is -2.15. The van der Waals surface area contributed by atoms with E-state index in [0.29, 0.717) is 17.2 Å². The number of amides is 1. The predicted molar refractivity (Wildman–Crippen MR) is 73.2 cm³/mol. The second-order valence-electron chi connectivity index (χ2n) is 3.84. The normalized spacial score (nSPS) is 9.80. The minimum absolute atomic E-state index is 0.161. The van der Waals surface area contributed by atoms with E-state index in [1.54, 1.807) is 0 Å². The van der Waals surface area contributed by atoms with Gasteiger partial charge < -0.3 is 25.3 Å². The summed E-state index contributed by atoms with van der Waals surface area (Å²) in [4.78, 5) is 23.2. The highest BCUT2D eigenvalue weighted by atomic mass is 16.5. The van der Waals surface area contributed by atoms with Crippen LogP contribution in [0.25, 0.3) is 0 Å². The van der Waals surface area contributed by atoms with Crippen molar-refractivity contribution >= 4 is 17.6 Å². The lowest BCUT2D eigenvalue weighted by Crippen LogP contribution is -2.17. The molecule has 7 nitrogen and oxygen atoms in total. The largest absolute Gasteiger partial charge is 0.493 e. The SMILES string of the molecule is COC(=O)c1cc(NC(=O)CCN)c(OC)c(OC)c1. The molecule has 1 rings (SSSR count). The molecular weight excluding hydrogens is 264 g/mol. The summed E-state index contributed by atoms with van der Waals surface area (Å²) >= 11 is 0. The van der Waals surface area contributed by atoms with Crippen LogP contribution < -0.4 is 20.5 Å². The first-order valence-corrected chi connectivity index (χ1v) is 5.91. The number of hydrogen-bond acceptors (Lipinski definition) is 6. The summed E-state index contributed by atoms with van der Waals surface area (Å²) in [7, 11) is 4.14. The van der Waals surface area contributed by atoms with E-state index in [2.05, 4.69) is 10.1 Å². The second-order valence-corrected chi connectivity index (χ2v) is 3.84. The standard InChI is InChI=1S/C13H18N2O5/c1-18-10-7-8(13(17)20-3)6-9(12(10)19-2)15-11(16)4-5-14/h6-7H,4-5,14H2,1-3H3,(H,15,16). The highest BCUT2D eigenvalue weighted by molar-refractivity contribution is 5.97.